The van der Waals surface area contributed by atoms with E-state index in [1.54, 1.807) is 0 Å². The Hall–Kier alpha value is -2.47. The van der Waals surface area contributed by atoms with Crippen LogP contribution in [0, 0.1) is 13.8 Å². The van der Waals surface area contributed by atoms with E-state index in [9.17, 15) is 0 Å². The van der Waals surface area contributed by atoms with Crippen LogP contribution in [0.25, 0.3) is 16.7 Å². The molecule has 0 saturated carbocycles. The maximum atomic E-state index is 4.86. The topological polar surface area (TPSA) is 58.9 Å². The fraction of sp³-hybridized carbons (Fsp3) is 0.421. The second-order valence-corrected chi connectivity index (χ2v) is 6.59. The number of benzene rings is 1. The Kier molecular flexibility index (Phi) is 4.13. The molecule has 2 aromatic heterocycles. The van der Waals surface area contributed by atoms with Crippen LogP contribution in [0.1, 0.15) is 24.0 Å². The number of aromatic nitrogens is 4. The molecular weight excluding hydrogens is 312 g/mol. The van der Waals surface area contributed by atoms with Crippen LogP contribution in [0.5, 0.6) is 0 Å². The minimum atomic E-state index is 0.813. The number of nitrogens with one attached hydrogen (secondary N) is 1. The van der Waals surface area contributed by atoms with Crippen molar-refractivity contribution in [3.05, 3.63) is 41.3 Å². The highest BCUT2D eigenvalue weighted by atomic mass is 15.3. The van der Waals surface area contributed by atoms with Gasteiger partial charge in [-0.05, 0) is 26.0 Å². The Morgan fingerprint density at radius 2 is 1.76 bits per heavy atom. The predicted molar refractivity (Wildman–Crippen MR) is 101 cm³/mol. The van der Waals surface area contributed by atoms with Crippen LogP contribution in [0.3, 0.4) is 0 Å². The van der Waals surface area contributed by atoms with E-state index in [1.165, 1.54) is 5.56 Å². The highest BCUT2D eigenvalue weighted by Crippen LogP contribution is 2.29. The summed E-state index contributed by atoms with van der Waals surface area (Å²) >= 11 is 0. The van der Waals surface area contributed by atoms with Crippen LogP contribution in [0.15, 0.2) is 24.3 Å². The average molecular weight is 336 g/mol. The quantitative estimate of drug-likeness (QED) is 0.796. The molecule has 25 heavy (non-hydrogen) atoms. The lowest BCUT2D eigenvalue weighted by atomic mass is 10.2. The average Bonchev–Trinajstić information content (AvgIpc) is 2.99. The minimum Gasteiger partial charge on any atom is -0.353 e. The molecule has 0 spiro atoms. The molecule has 4 rings (SSSR count). The van der Waals surface area contributed by atoms with Crippen molar-refractivity contribution in [2.45, 2.75) is 27.2 Å². The van der Waals surface area contributed by atoms with Crippen LogP contribution in [-0.2, 0) is 6.42 Å². The number of rotatable bonds is 3. The summed E-state index contributed by atoms with van der Waals surface area (Å²) in [7, 11) is 0. The first-order chi connectivity index (χ1) is 12.2. The Morgan fingerprint density at radius 3 is 2.44 bits per heavy atom. The zero-order valence-electron chi connectivity index (χ0n) is 15.1. The third-order valence-electron chi connectivity index (χ3n) is 4.74. The maximum absolute atomic E-state index is 4.86. The summed E-state index contributed by atoms with van der Waals surface area (Å²) in [5, 5.41) is 9.27. The first-order valence-electron chi connectivity index (χ1n) is 8.96. The molecule has 0 bridgehead atoms. The van der Waals surface area contributed by atoms with Gasteiger partial charge in [0.05, 0.1) is 16.8 Å². The molecule has 0 atom stereocenters. The molecule has 0 radical (unpaired) electrons. The van der Waals surface area contributed by atoms with Gasteiger partial charge in [-0.15, -0.1) is 0 Å². The van der Waals surface area contributed by atoms with Crippen molar-refractivity contribution in [2.75, 3.05) is 31.1 Å². The van der Waals surface area contributed by atoms with Crippen molar-refractivity contribution >= 4 is 16.9 Å². The highest BCUT2D eigenvalue weighted by Gasteiger charge is 2.22. The number of hydrogen-bond donors (Lipinski definition) is 1. The summed E-state index contributed by atoms with van der Waals surface area (Å²) in [6.07, 6.45) is 0.813. The van der Waals surface area contributed by atoms with Gasteiger partial charge in [0.25, 0.3) is 0 Å². The van der Waals surface area contributed by atoms with E-state index >= 15 is 0 Å². The molecule has 1 fully saturated rings. The zero-order chi connectivity index (χ0) is 17.4. The lowest BCUT2D eigenvalue weighted by molar-refractivity contribution is 0.585. The van der Waals surface area contributed by atoms with Gasteiger partial charge in [0.1, 0.15) is 11.6 Å². The molecule has 0 unspecified atom stereocenters. The Bertz CT molecular complexity index is 890. The molecule has 1 saturated heterocycles. The van der Waals surface area contributed by atoms with Crippen LogP contribution in [0.2, 0.25) is 0 Å². The van der Waals surface area contributed by atoms with Crippen LogP contribution >= 0.6 is 0 Å². The van der Waals surface area contributed by atoms with E-state index in [-0.39, 0.29) is 0 Å². The number of hydrogen-bond acceptors (Lipinski definition) is 5. The Labute approximate surface area is 147 Å². The van der Waals surface area contributed by atoms with E-state index in [2.05, 4.69) is 48.3 Å². The number of anilines is 1. The van der Waals surface area contributed by atoms with Crippen LogP contribution in [-0.4, -0.2) is 45.9 Å². The Morgan fingerprint density at radius 1 is 1.04 bits per heavy atom. The largest absolute Gasteiger partial charge is 0.353 e. The van der Waals surface area contributed by atoms with Crippen LogP contribution < -0.4 is 10.2 Å². The monoisotopic (exact) mass is 336 g/mol. The van der Waals surface area contributed by atoms with E-state index in [4.69, 9.17) is 15.1 Å². The molecular formula is C19H24N6. The summed E-state index contributed by atoms with van der Waals surface area (Å²) in [4.78, 5) is 12.0. The smallest absolute Gasteiger partial charge is 0.168 e. The number of aryl methyl sites for hydroxylation is 3. The molecule has 3 heterocycles. The SMILES string of the molecule is CCc1nc(N2CCNCC2)c2c(C)nn(-c3ccc(C)cc3)c2n1. The summed E-state index contributed by atoms with van der Waals surface area (Å²) < 4.78 is 1.96. The number of nitrogens with zero attached hydrogens (tertiary/aromatic N) is 5. The van der Waals surface area contributed by atoms with Gasteiger partial charge in [0.2, 0.25) is 0 Å². The van der Waals surface area contributed by atoms with Gasteiger partial charge in [0, 0.05) is 32.6 Å². The third-order valence-corrected chi connectivity index (χ3v) is 4.74. The molecule has 3 aromatic rings. The molecule has 1 aromatic carbocycles. The van der Waals surface area contributed by atoms with Gasteiger partial charge < -0.3 is 10.2 Å². The van der Waals surface area contributed by atoms with Gasteiger partial charge in [-0.1, -0.05) is 24.6 Å². The van der Waals surface area contributed by atoms with Gasteiger partial charge >= 0.3 is 0 Å². The molecule has 1 N–H and O–H groups in total. The van der Waals surface area contributed by atoms with E-state index in [0.29, 0.717) is 0 Å². The normalized spacial score (nSPS) is 15.1. The van der Waals surface area contributed by atoms with Gasteiger partial charge in [-0.3, -0.25) is 0 Å². The fourth-order valence-corrected chi connectivity index (χ4v) is 3.34. The molecule has 1 aliphatic rings. The Balaban J connectivity index is 1.93. The summed E-state index contributed by atoms with van der Waals surface area (Å²) in [6, 6.07) is 8.41. The number of piperazine rings is 1. The van der Waals surface area contributed by atoms with Gasteiger partial charge in [-0.25, -0.2) is 14.6 Å². The minimum absolute atomic E-state index is 0.813. The van der Waals surface area contributed by atoms with Crippen molar-refractivity contribution < 1.29 is 0 Å². The van der Waals surface area contributed by atoms with Crippen LogP contribution in [0.4, 0.5) is 5.82 Å². The lowest BCUT2D eigenvalue weighted by Gasteiger charge is -2.29. The molecule has 6 nitrogen and oxygen atoms in total. The summed E-state index contributed by atoms with van der Waals surface area (Å²) in [5.41, 5.74) is 4.16. The van der Waals surface area contributed by atoms with Crippen molar-refractivity contribution in [2.24, 2.45) is 0 Å². The molecule has 0 amide bonds. The first-order valence-corrected chi connectivity index (χ1v) is 8.96. The van der Waals surface area contributed by atoms with Crippen molar-refractivity contribution in [1.29, 1.82) is 0 Å². The molecule has 1 aliphatic heterocycles. The summed E-state index contributed by atoms with van der Waals surface area (Å²) in [5.74, 6) is 1.90. The third kappa shape index (κ3) is 2.87. The summed E-state index contributed by atoms with van der Waals surface area (Å²) in [6.45, 7) is 10.1. The molecule has 6 heteroatoms. The fourth-order valence-electron chi connectivity index (χ4n) is 3.34. The first kappa shape index (κ1) is 16.0. The standard InChI is InChI=1S/C19H24N6/c1-4-16-21-18(24-11-9-20-10-12-24)17-14(3)23-25(19(17)22-16)15-7-5-13(2)6-8-15/h5-8,20H,4,9-12H2,1-3H3. The maximum Gasteiger partial charge on any atom is 0.168 e. The second kappa shape index (κ2) is 6.44. The van der Waals surface area contributed by atoms with E-state index in [0.717, 1.165) is 66.7 Å². The van der Waals surface area contributed by atoms with Gasteiger partial charge in [0.15, 0.2) is 5.65 Å². The van der Waals surface area contributed by atoms with E-state index in [1.807, 2.05) is 11.6 Å². The lowest BCUT2D eigenvalue weighted by Crippen LogP contribution is -2.44. The van der Waals surface area contributed by atoms with Crippen molar-refractivity contribution in [3.8, 4) is 5.69 Å². The van der Waals surface area contributed by atoms with E-state index < -0.39 is 0 Å². The van der Waals surface area contributed by atoms with Crippen molar-refractivity contribution in [1.82, 2.24) is 25.1 Å². The zero-order valence-corrected chi connectivity index (χ0v) is 15.1. The van der Waals surface area contributed by atoms with Gasteiger partial charge in [-0.2, -0.15) is 5.10 Å². The second-order valence-electron chi connectivity index (χ2n) is 6.59. The predicted octanol–water partition coefficient (Wildman–Crippen LogP) is 2.40. The molecule has 130 valence electrons. The number of fused-ring (bicyclic) bond motifs is 1. The van der Waals surface area contributed by atoms with Crippen molar-refractivity contribution in [3.63, 3.8) is 0 Å². The highest BCUT2D eigenvalue weighted by molar-refractivity contribution is 5.91. The molecule has 0 aliphatic carbocycles.